The molecule has 120 valence electrons. The molecule has 0 fully saturated rings. The minimum atomic E-state index is -0.539. The summed E-state index contributed by atoms with van der Waals surface area (Å²) in [6.07, 6.45) is 3.01. The highest BCUT2D eigenvalue weighted by molar-refractivity contribution is 6.34. The van der Waals surface area contributed by atoms with Gasteiger partial charge in [0.05, 0.1) is 0 Å². The number of hydrogen-bond donors (Lipinski definition) is 1. The predicted octanol–water partition coefficient (Wildman–Crippen LogP) is 5.32. The van der Waals surface area contributed by atoms with Gasteiger partial charge in [-0.1, -0.05) is 59.6 Å². The molecule has 2 aromatic rings. The van der Waals surface area contributed by atoms with Crippen molar-refractivity contribution < 1.29 is 4.79 Å². The number of carbonyl (C=O) groups is 1. The molecule has 0 saturated heterocycles. The zero-order valence-corrected chi connectivity index (χ0v) is 14.4. The largest absolute Gasteiger partial charge is 0.321 e. The van der Waals surface area contributed by atoms with E-state index >= 15 is 0 Å². The number of nitrogens with one attached hydrogen (secondary N) is 1. The third kappa shape index (κ3) is 4.73. The van der Waals surface area contributed by atoms with Crippen molar-refractivity contribution in [3.63, 3.8) is 0 Å². The Hall–Kier alpha value is -2.54. The number of amides is 1. The number of anilines is 1. The van der Waals surface area contributed by atoms with Crippen LogP contribution >= 0.6 is 23.2 Å². The lowest BCUT2D eigenvalue weighted by Crippen LogP contribution is -2.14. The van der Waals surface area contributed by atoms with Crippen LogP contribution in [0.3, 0.4) is 0 Å². The van der Waals surface area contributed by atoms with Crippen molar-refractivity contribution in [1.82, 2.24) is 0 Å². The van der Waals surface area contributed by atoms with Crippen LogP contribution in [-0.2, 0) is 4.79 Å². The van der Waals surface area contributed by atoms with Gasteiger partial charge < -0.3 is 5.32 Å². The molecular weight excluding hydrogens is 343 g/mol. The van der Waals surface area contributed by atoms with Crippen LogP contribution in [0.25, 0.3) is 6.08 Å². The summed E-state index contributed by atoms with van der Waals surface area (Å²) < 4.78 is 0. The van der Waals surface area contributed by atoms with Gasteiger partial charge in [-0.25, -0.2) is 0 Å². The van der Waals surface area contributed by atoms with E-state index in [1.807, 2.05) is 36.4 Å². The SMILES string of the molecule is Cc1c(Cl)cccc1NC(=O)/C(C#N)=C/C(Cl)=C/c1ccccc1. The Labute approximate surface area is 150 Å². The maximum Gasteiger partial charge on any atom is 0.266 e. The fourth-order valence-corrected chi connectivity index (χ4v) is 2.38. The first kappa shape index (κ1) is 17.8. The summed E-state index contributed by atoms with van der Waals surface area (Å²) in [4.78, 5) is 12.3. The quantitative estimate of drug-likeness (QED) is 0.458. The molecule has 3 nitrogen and oxygen atoms in total. The minimum absolute atomic E-state index is 0.0912. The van der Waals surface area contributed by atoms with E-state index in [0.717, 1.165) is 11.1 Å². The Morgan fingerprint density at radius 2 is 1.88 bits per heavy atom. The van der Waals surface area contributed by atoms with E-state index in [1.54, 1.807) is 31.2 Å². The lowest BCUT2D eigenvalue weighted by molar-refractivity contribution is -0.112. The lowest BCUT2D eigenvalue weighted by Gasteiger charge is -2.08. The summed E-state index contributed by atoms with van der Waals surface area (Å²) in [5.74, 6) is -0.539. The number of halogens is 2. The Morgan fingerprint density at radius 3 is 2.54 bits per heavy atom. The second kappa shape index (κ2) is 8.35. The van der Waals surface area contributed by atoms with Gasteiger partial charge in [-0.3, -0.25) is 4.79 Å². The average Bonchev–Trinajstić information content (AvgIpc) is 2.57. The molecule has 2 rings (SSSR count). The van der Waals surface area contributed by atoms with Gasteiger partial charge in [0.2, 0.25) is 0 Å². The number of nitriles is 1. The van der Waals surface area contributed by atoms with E-state index < -0.39 is 5.91 Å². The van der Waals surface area contributed by atoms with Crippen LogP contribution in [-0.4, -0.2) is 5.91 Å². The molecule has 0 atom stereocenters. The molecule has 2 aromatic carbocycles. The van der Waals surface area contributed by atoms with Crippen LogP contribution in [0.1, 0.15) is 11.1 Å². The second-order valence-electron chi connectivity index (χ2n) is 4.98. The number of allylic oxidation sites excluding steroid dienone is 2. The molecular formula is C19H14Cl2N2O. The highest BCUT2D eigenvalue weighted by Gasteiger charge is 2.12. The van der Waals surface area contributed by atoms with Gasteiger partial charge in [0.25, 0.3) is 5.91 Å². The summed E-state index contributed by atoms with van der Waals surface area (Å²) in [5, 5.41) is 12.7. The van der Waals surface area contributed by atoms with Crippen LogP contribution in [0, 0.1) is 18.3 Å². The molecule has 24 heavy (non-hydrogen) atoms. The third-order valence-corrected chi connectivity index (χ3v) is 3.90. The monoisotopic (exact) mass is 356 g/mol. The van der Waals surface area contributed by atoms with Crippen LogP contribution in [0.5, 0.6) is 0 Å². The summed E-state index contributed by atoms with van der Waals surface area (Å²) in [6, 6.07) is 16.4. The van der Waals surface area contributed by atoms with Crippen LogP contribution < -0.4 is 5.32 Å². The second-order valence-corrected chi connectivity index (χ2v) is 5.82. The number of hydrogen-bond acceptors (Lipinski definition) is 2. The summed E-state index contributed by atoms with van der Waals surface area (Å²) in [7, 11) is 0. The van der Waals surface area contributed by atoms with Crippen molar-refractivity contribution >= 4 is 40.9 Å². The Morgan fingerprint density at radius 1 is 1.17 bits per heavy atom. The van der Waals surface area contributed by atoms with Gasteiger partial charge in [-0.2, -0.15) is 5.26 Å². The minimum Gasteiger partial charge on any atom is -0.321 e. The molecule has 1 N–H and O–H groups in total. The number of nitrogens with zero attached hydrogens (tertiary/aromatic N) is 1. The molecule has 0 bridgehead atoms. The highest BCUT2D eigenvalue weighted by atomic mass is 35.5. The Bertz CT molecular complexity index is 849. The molecule has 0 radical (unpaired) electrons. The zero-order valence-electron chi connectivity index (χ0n) is 12.9. The van der Waals surface area contributed by atoms with E-state index in [9.17, 15) is 10.1 Å². The Kier molecular flexibility index (Phi) is 6.20. The third-order valence-electron chi connectivity index (χ3n) is 3.27. The van der Waals surface area contributed by atoms with Crippen LogP contribution in [0.4, 0.5) is 5.69 Å². The molecule has 0 spiro atoms. The Balaban J connectivity index is 2.21. The van der Waals surface area contributed by atoms with Gasteiger partial charge in [0, 0.05) is 15.7 Å². The first-order valence-electron chi connectivity index (χ1n) is 7.12. The summed E-state index contributed by atoms with van der Waals surface area (Å²) in [5.41, 5.74) is 2.07. The number of rotatable bonds is 4. The molecule has 0 aliphatic carbocycles. The van der Waals surface area contributed by atoms with Crippen molar-refractivity contribution in [2.75, 3.05) is 5.32 Å². The van der Waals surface area contributed by atoms with Crippen LogP contribution in [0.15, 0.2) is 65.2 Å². The number of carbonyl (C=O) groups excluding carboxylic acids is 1. The van der Waals surface area contributed by atoms with Gasteiger partial charge in [0.15, 0.2) is 0 Å². The first-order valence-corrected chi connectivity index (χ1v) is 7.87. The molecule has 1 amide bonds. The topological polar surface area (TPSA) is 52.9 Å². The molecule has 0 aromatic heterocycles. The van der Waals surface area contributed by atoms with E-state index in [4.69, 9.17) is 23.2 Å². The lowest BCUT2D eigenvalue weighted by atomic mass is 10.1. The normalized spacial score (nSPS) is 11.8. The predicted molar refractivity (Wildman–Crippen MR) is 98.8 cm³/mol. The van der Waals surface area contributed by atoms with Crippen molar-refractivity contribution in [2.24, 2.45) is 0 Å². The molecule has 0 aliphatic heterocycles. The van der Waals surface area contributed by atoms with Crippen molar-refractivity contribution in [3.8, 4) is 6.07 Å². The smallest absolute Gasteiger partial charge is 0.266 e. The first-order chi connectivity index (χ1) is 11.5. The zero-order chi connectivity index (χ0) is 17.5. The summed E-state index contributed by atoms with van der Waals surface area (Å²) >= 11 is 12.1. The van der Waals surface area contributed by atoms with E-state index in [-0.39, 0.29) is 10.6 Å². The molecule has 0 heterocycles. The number of benzene rings is 2. The van der Waals surface area contributed by atoms with Gasteiger partial charge in [0.1, 0.15) is 11.6 Å². The van der Waals surface area contributed by atoms with Crippen molar-refractivity contribution in [3.05, 3.63) is 81.4 Å². The molecule has 5 heteroatoms. The average molecular weight is 357 g/mol. The van der Waals surface area contributed by atoms with Gasteiger partial charge in [-0.05, 0) is 42.3 Å². The fraction of sp³-hybridized carbons (Fsp3) is 0.0526. The van der Waals surface area contributed by atoms with Crippen molar-refractivity contribution in [2.45, 2.75) is 6.92 Å². The van der Waals surface area contributed by atoms with E-state index in [2.05, 4.69) is 5.32 Å². The van der Waals surface area contributed by atoms with Gasteiger partial charge >= 0.3 is 0 Å². The maximum atomic E-state index is 12.3. The standard InChI is InChI=1S/C19H14Cl2N2O/c1-13-17(21)8-5-9-18(13)23-19(24)15(12-22)11-16(20)10-14-6-3-2-4-7-14/h2-11H,1H3,(H,23,24)/b15-11+,16-10-. The molecule has 0 saturated carbocycles. The van der Waals surface area contributed by atoms with E-state index in [0.29, 0.717) is 10.7 Å². The highest BCUT2D eigenvalue weighted by Crippen LogP contribution is 2.23. The maximum absolute atomic E-state index is 12.3. The van der Waals surface area contributed by atoms with Gasteiger partial charge in [-0.15, -0.1) is 0 Å². The fourth-order valence-electron chi connectivity index (χ4n) is 1.97. The molecule has 0 unspecified atom stereocenters. The summed E-state index contributed by atoms with van der Waals surface area (Å²) in [6.45, 7) is 1.79. The molecule has 0 aliphatic rings. The van der Waals surface area contributed by atoms with Crippen LogP contribution in [0.2, 0.25) is 5.02 Å². The van der Waals surface area contributed by atoms with E-state index in [1.165, 1.54) is 6.08 Å². The van der Waals surface area contributed by atoms with Crippen molar-refractivity contribution in [1.29, 1.82) is 5.26 Å².